The number of aromatic nitrogens is 4. The minimum absolute atomic E-state index is 0.0688. The number of hydrogen-bond donors (Lipinski definition) is 2. The number of nitrogens with one attached hydrogen (secondary N) is 2. The third kappa shape index (κ3) is 3.33. The minimum Gasteiger partial charge on any atom is -0.346 e. The van der Waals surface area contributed by atoms with Crippen molar-refractivity contribution in [2.24, 2.45) is 14.1 Å². The quantitative estimate of drug-likeness (QED) is 0.865. The molecular formula is C18H28N6O. The Kier molecular flexibility index (Phi) is 4.69. The first-order valence-electron chi connectivity index (χ1n) is 8.89. The van der Waals surface area contributed by atoms with E-state index in [4.69, 9.17) is 0 Å². The molecular weight excluding hydrogens is 316 g/mol. The molecule has 1 fully saturated rings. The molecule has 2 atom stereocenters. The molecule has 1 aliphatic rings. The second kappa shape index (κ2) is 6.63. The van der Waals surface area contributed by atoms with Crippen molar-refractivity contribution in [2.45, 2.75) is 58.7 Å². The van der Waals surface area contributed by atoms with E-state index >= 15 is 0 Å². The van der Waals surface area contributed by atoms with Crippen molar-refractivity contribution >= 4 is 5.91 Å². The highest BCUT2D eigenvalue weighted by Gasteiger charge is 2.33. The first kappa shape index (κ1) is 17.7. The molecule has 2 N–H and O–H groups in total. The van der Waals surface area contributed by atoms with Gasteiger partial charge in [0.25, 0.3) is 5.91 Å². The van der Waals surface area contributed by atoms with Gasteiger partial charge in [-0.05, 0) is 32.8 Å². The van der Waals surface area contributed by atoms with Crippen LogP contribution in [-0.2, 0) is 14.1 Å². The Bertz CT molecular complexity index is 788. The average molecular weight is 344 g/mol. The number of rotatable bonds is 5. The van der Waals surface area contributed by atoms with Crippen LogP contribution in [0.5, 0.6) is 0 Å². The van der Waals surface area contributed by atoms with E-state index in [1.807, 2.05) is 38.7 Å². The number of aryl methyl sites for hydroxylation is 3. The first-order valence-corrected chi connectivity index (χ1v) is 8.89. The van der Waals surface area contributed by atoms with Crippen LogP contribution >= 0.6 is 0 Å². The lowest BCUT2D eigenvalue weighted by Crippen LogP contribution is -2.58. The number of carbonyl (C=O) groups is 1. The van der Waals surface area contributed by atoms with Crippen LogP contribution in [0.3, 0.4) is 0 Å². The van der Waals surface area contributed by atoms with E-state index in [-0.39, 0.29) is 11.9 Å². The van der Waals surface area contributed by atoms with Gasteiger partial charge in [-0.3, -0.25) is 14.2 Å². The second-order valence-corrected chi connectivity index (χ2v) is 7.29. The number of nitrogens with zero attached hydrogens (tertiary/aromatic N) is 4. The van der Waals surface area contributed by atoms with Crippen molar-refractivity contribution in [1.82, 2.24) is 30.2 Å². The van der Waals surface area contributed by atoms with Crippen molar-refractivity contribution in [3.8, 4) is 11.3 Å². The standard InChI is InChI=1S/C18H28N6O/c1-10(2)19-13-7-8-14(13)20-18(25)16-9-15(22-24(16)6)17-11(3)21-23(5)12(17)4/h9-10,13-14,19H,7-8H2,1-6H3,(H,20,25)/t13-,14+/m1/s1. The Morgan fingerprint density at radius 3 is 2.36 bits per heavy atom. The predicted molar refractivity (Wildman–Crippen MR) is 97.4 cm³/mol. The van der Waals surface area contributed by atoms with Crippen LogP contribution in [0.1, 0.15) is 48.6 Å². The Morgan fingerprint density at radius 2 is 1.84 bits per heavy atom. The van der Waals surface area contributed by atoms with Crippen LogP contribution in [0.4, 0.5) is 0 Å². The fraction of sp³-hybridized carbons (Fsp3) is 0.611. The third-order valence-electron chi connectivity index (χ3n) is 5.02. The molecule has 7 nitrogen and oxygen atoms in total. The average Bonchev–Trinajstić information content (AvgIpc) is 3.01. The van der Waals surface area contributed by atoms with Crippen molar-refractivity contribution in [2.75, 3.05) is 0 Å². The van der Waals surface area contributed by atoms with Crippen LogP contribution in [0, 0.1) is 13.8 Å². The van der Waals surface area contributed by atoms with Gasteiger partial charge in [0.05, 0.1) is 11.4 Å². The van der Waals surface area contributed by atoms with Gasteiger partial charge in [-0.25, -0.2) is 0 Å². The van der Waals surface area contributed by atoms with Gasteiger partial charge >= 0.3 is 0 Å². The summed E-state index contributed by atoms with van der Waals surface area (Å²) in [4.78, 5) is 12.7. The van der Waals surface area contributed by atoms with Gasteiger partial charge in [0.2, 0.25) is 0 Å². The van der Waals surface area contributed by atoms with Gasteiger partial charge in [0.1, 0.15) is 5.69 Å². The molecule has 2 heterocycles. The summed E-state index contributed by atoms with van der Waals surface area (Å²) in [7, 11) is 3.73. The monoisotopic (exact) mass is 344 g/mol. The molecule has 0 unspecified atom stereocenters. The van der Waals surface area contributed by atoms with E-state index in [1.54, 1.807) is 4.68 Å². The zero-order chi connectivity index (χ0) is 18.3. The maximum atomic E-state index is 12.7. The molecule has 136 valence electrons. The molecule has 7 heteroatoms. The summed E-state index contributed by atoms with van der Waals surface area (Å²) in [5, 5.41) is 15.6. The maximum Gasteiger partial charge on any atom is 0.269 e. The molecule has 0 saturated heterocycles. The molecule has 2 aromatic heterocycles. The summed E-state index contributed by atoms with van der Waals surface area (Å²) in [5.74, 6) is -0.0688. The van der Waals surface area contributed by atoms with Crippen molar-refractivity contribution in [1.29, 1.82) is 0 Å². The topological polar surface area (TPSA) is 76.8 Å². The van der Waals surface area contributed by atoms with Crippen LogP contribution in [-0.4, -0.2) is 43.6 Å². The molecule has 2 aromatic rings. The van der Waals surface area contributed by atoms with Crippen molar-refractivity contribution < 1.29 is 4.79 Å². The highest BCUT2D eigenvalue weighted by molar-refractivity contribution is 5.94. The summed E-state index contributed by atoms with van der Waals surface area (Å²) >= 11 is 0. The molecule has 0 radical (unpaired) electrons. The summed E-state index contributed by atoms with van der Waals surface area (Å²) < 4.78 is 3.50. The molecule has 25 heavy (non-hydrogen) atoms. The lowest BCUT2D eigenvalue weighted by Gasteiger charge is -2.39. The molecule has 1 aliphatic carbocycles. The van der Waals surface area contributed by atoms with E-state index in [1.165, 1.54) is 0 Å². The van der Waals surface area contributed by atoms with Gasteiger partial charge in [-0.15, -0.1) is 0 Å². The SMILES string of the molecule is Cc1nn(C)c(C)c1-c1cc(C(=O)N[C@H]2CC[C@H]2NC(C)C)n(C)n1. The predicted octanol–water partition coefficient (Wildman–Crippen LogP) is 1.70. The fourth-order valence-electron chi connectivity index (χ4n) is 3.49. The van der Waals surface area contributed by atoms with Crippen molar-refractivity contribution in [3.63, 3.8) is 0 Å². The summed E-state index contributed by atoms with van der Waals surface area (Å²) in [6.07, 6.45) is 2.12. The maximum absolute atomic E-state index is 12.7. The van der Waals surface area contributed by atoms with Crippen LogP contribution in [0.25, 0.3) is 11.3 Å². The molecule has 0 spiro atoms. The highest BCUT2D eigenvalue weighted by atomic mass is 16.2. The zero-order valence-electron chi connectivity index (χ0n) is 15.9. The van der Waals surface area contributed by atoms with Gasteiger partial charge in [-0.2, -0.15) is 10.2 Å². The van der Waals surface area contributed by atoms with Gasteiger partial charge in [-0.1, -0.05) is 13.8 Å². The number of hydrogen-bond acceptors (Lipinski definition) is 4. The molecule has 1 saturated carbocycles. The molecule has 0 bridgehead atoms. The summed E-state index contributed by atoms with van der Waals surface area (Å²) in [5.41, 5.74) is 4.34. The van der Waals surface area contributed by atoms with E-state index in [9.17, 15) is 4.79 Å². The van der Waals surface area contributed by atoms with E-state index in [0.29, 0.717) is 17.8 Å². The Balaban J connectivity index is 1.77. The van der Waals surface area contributed by atoms with E-state index in [2.05, 4.69) is 34.7 Å². The fourth-order valence-corrected chi connectivity index (χ4v) is 3.49. The summed E-state index contributed by atoms with van der Waals surface area (Å²) in [6, 6.07) is 2.83. The van der Waals surface area contributed by atoms with Gasteiger partial charge in [0.15, 0.2) is 0 Å². The molecule has 0 aliphatic heterocycles. The first-order chi connectivity index (χ1) is 11.8. The number of amides is 1. The Hall–Kier alpha value is -2.15. The molecule has 1 amide bonds. The van der Waals surface area contributed by atoms with Gasteiger partial charge in [0, 0.05) is 43.5 Å². The van der Waals surface area contributed by atoms with E-state index in [0.717, 1.165) is 35.5 Å². The highest BCUT2D eigenvalue weighted by Crippen LogP contribution is 2.26. The van der Waals surface area contributed by atoms with Crippen molar-refractivity contribution in [3.05, 3.63) is 23.1 Å². The molecule has 0 aromatic carbocycles. The van der Waals surface area contributed by atoms with Crippen LogP contribution in [0.2, 0.25) is 0 Å². The number of carbonyl (C=O) groups excluding carboxylic acids is 1. The lowest BCUT2D eigenvalue weighted by atomic mass is 9.85. The van der Waals surface area contributed by atoms with Crippen LogP contribution < -0.4 is 10.6 Å². The van der Waals surface area contributed by atoms with Gasteiger partial charge < -0.3 is 10.6 Å². The Labute approximate surface area is 148 Å². The van der Waals surface area contributed by atoms with Crippen LogP contribution in [0.15, 0.2) is 6.07 Å². The zero-order valence-corrected chi connectivity index (χ0v) is 15.9. The molecule has 3 rings (SSSR count). The second-order valence-electron chi connectivity index (χ2n) is 7.29. The largest absolute Gasteiger partial charge is 0.346 e. The third-order valence-corrected chi connectivity index (χ3v) is 5.02. The Morgan fingerprint density at radius 1 is 1.16 bits per heavy atom. The smallest absolute Gasteiger partial charge is 0.269 e. The lowest BCUT2D eigenvalue weighted by molar-refractivity contribution is 0.0881. The minimum atomic E-state index is -0.0688. The van der Waals surface area contributed by atoms with E-state index < -0.39 is 0 Å². The normalized spacial score (nSPS) is 20.0. The summed E-state index contributed by atoms with van der Waals surface area (Å²) in [6.45, 7) is 8.24.